The van der Waals surface area contributed by atoms with Crippen LogP contribution in [0.15, 0.2) is 49.0 Å². The van der Waals surface area contributed by atoms with Gasteiger partial charge in [0.1, 0.15) is 0 Å². The lowest BCUT2D eigenvalue weighted by Crippen LogP contribution is -2.31. The van der Waals surface area contributed by atoms with Crippen LogP contribution in [0, 0.1) is 0 Å². The first kappa shape index (κ1) is 13.3. The maximum Gasteiger partial charge on any atom is 0.179 e. The van der Waals surface area contributed by atoms with Crippen LogP contribution in [0.3, 0.4) is 0 Å². The van der Waals surface area contributed by atoms with Crippen molar-refractivity contribution >= 4 is 33.2 Å². The van der Waals surface area contributed by atoms with Gasteiger partial charge in [0.25, 0.3) is 0 Å². The van der Waals surface area contributed by atoms with E-state index in [-0.39, 0.29) is 11.8 Å². The molecule has 4 rings (SSSR count). The highest BCUT2D eigenvalue weighted by atomic mass is 16.1. The van der Waals surface area contributed by atoms with Crippen LogP contribution in [0.5, 0.6) is 0 Å². The predicted octanol–water partition coefficient (Wildman–Crippen LogP) is 3.66. The van der Waals surface area contributed by atoms with E-state index in [4.69, 9.17) is 0 Å². The molecule has 0 bridgehead atoms. The van der Waals surface area contributed by atoms with Gasteiger partial charge in [0.15, 0.2) is 5.78 Å². The Balaban J connectivity index is 1.84. The van der Waals surface area contributed by atoms with Gasteiger partial charge >= 0.3 is 0 Å². The maximum absolute atomic E-state index is 12.6. The Morgan fingerprint density at radius 3 is 2.73 bits per heavy atom. The van der Waals surface area contributed by atoms with Crippen LogP contribution < -0.4 is 5.32 Å². The van der Waals surface area contributed by atoms with E-state index < -0.39 is 0 Å². The van der Waals surface area contributed by atoms with Crippen molar-refractivity contribution in [3.63, 3.8) is 0 Å². The van der Waals surface area contributed by atoms with Gasteiger partial charge < -0.3 is 10.3 Å². The Kier molecular flexibility index (Phi) is 3.09. The second-order valence-electron chi connectivity index (χ2n) is 5.89. The molecule has 0 radical (unpaired) electrons. The fraction of sp³-hybridized carbons (Fsp3) is 0.211. The van der Waals surface area contributed by atoms with E-state index in [0.717, 1.165) is 41.4 Å². The van der Waals surface area contributed by atoms with E-state index in [1.807, 2.05) is 24.3 Å². The third-order valence-corrected chi connectivity index (χ3v) is 4.54. The summed E-state index contributed by atoms with van der Waals surface area (Å²) in [4.78, 5) is 16.1. The van der Waals surface area contributed by atoms with Crippen molar-refractivity contribution in [2.75, 3.05) is 6.54 Å². The molecule has 2 aromatic carbocycles. The molecule has 3 nitrogen and oxygen atoms in total. The summed E-state index contributed by atoms with van der Waals surface area (Å²) >= 11 is 0. The largest absolute Gasteiger partial charge is 0.354 e. The van der Waals surface area contributed by atoms with Crippen molar-refractivity contribution in [3.8, 4) is 0 Å². The molecule has 0 amide bonds. The number of carbonyl (C=O) groups excluding carboxylic acids is 1. The number of ketones is 1. The number of aromatic amines is 1. The molecule has 2 N–H and O–H groups in total. The summed E-state index contributed by atoms with van der Waals surface area (Å²) in [6, 6.07) is 14.2. The molecule has 3 aromatic rings. The van der Waals surface area contributed by atoms with E-state index in [1.165, 1.54) is 5.39 Å². The minimum atomic E-state index is -0.0767. The van der Waals surface area contributed by atoms with Gasteiger partial charge in [-0.2, -0.15) is 0 Å². The summed E-state index contributed by atoms with van der Waals surface area (Å²) in [6.07, 6.45) is 1.96. The maximum atomic E-state index is 12.6. The minimum absolute atomic E-state index is 0.0767. The first-order chi connectivity index (χ1) is 10.8. The van der Waals surface area contributed by atoms with Crippen molar-refractivity contribution < 1.29 is 4.79 Å². The number of hydrogen-bond acceptors (Lipinski definition) is 2. The van der Waals surface area contributed by atoms with Crippen molar-refractivity contribution in [2.45, 2.75) is 18.9 Å². The van der Waals surface area contributed by atoms with Crippen LogP contribution in [-0.2, 0) is 4.79 Å². The standard InChI is InChI=1S/C19H18N2O/c1-12(19(22)17-10-5-11-20-17)13-7-4-8-15-14-6-2-3-9-16(14)21-18(13)15/h2-4,6-9,17,20-21H,1,5,10-11H2. The molecule has 1 aromatic heterocycles. The molecule has 110 valence electrons. The normalized spacial score (nSPS) is 18.1. The SMILES string of the molecule is C=C(C(=O)C1CCCN1)c1cccc2c1[nH]c1ccccc12. The fourth-order valence-corrected chi connectivity index (χ4v) is 3.38. The Labute approximate surface area is 129 Å². The average molecular weight is 290 g/mol. The number of para-hydroxylation sites is 2. The lowest BCUT2D eigenvalue weighted by molar-refractivity contribution is -0.115. The average Bonchev–Trinajstić information content (AvgIpc) is 3.20. The topological polar surface area (TPSA) is 44.9 Å². The molecule has 1 unspecified atom stereocenters. The first-order valence-electron chi connectivity index (χ1n) is 7.72. The van der Waals surface area contributed by atoms with Crippen molar-refractivity contribution in [1.82, 2.24) is 10.3 Å². The third-order valence-electron chi connectivity index (χ3n) is 4.54. The van der Waals surface area contributed by atoms with Gasteiger partial charge in [-0.05, 0) is 25.5 Å². The number of carbonyl (C=O) groups is 1. The number of Topliss-reactive ketones (excluding diaryl/α,β-unsaturated/α-hetero) is 1. The highest BCUT2D eigenvalue weighted by Gasteiger charge is 2.25. The van der Waals surface area contributed by atoms with Crippen LogP contribution >= 0.6 is 0 Å². The zero-order valence-electron chi connectivity index (χ0n) is 12.4. The Hall–Kier alpha value is -2.39. The molecule has 0 spiro atoms. The molecule has 0 saturated carbocycles. The zero-order chi connectivity index (χ0) is 15.1. The van der Waals surface area contributed by atoms with Crippen molar-refractivity contribution in [3.05, 3.63) is 54.6 Å². The highest BCUT2D eigenvalue weighted by Crippen LogP contribution is 2.31. The number of H-pyrrole nitrogens is 1. The molecule has 1 aliphatic rings. The highest BCUT2D eigenvalue weighted by molar-refractivity contribution is 6.26. The second-order valence-corrected chi connectivity index (χ2v) is 5.89. The predicted molar refractivity (Wildman–Crippen MR) is 90.9 cm³/mol. The van der Waals surface area contributed by atoms with Gasteiger partial charge in [-0.1, -0.05) is 43.0 Å². The van der Waals surface area contributed by atoms with E-state index >= 15 is 0 Å². The van der Waals surface area contributed by atoms with Crippen molar-refractivity contribution in [2.24, 2.45) is 0 Å². The number of nitrogens with one attached hydrogen (secondary N) is 2. The van der Waals surface area contributed by atoms with E-state index in [0.29, 0.717) is 5.57 Å². The number of benzene rings is 2. The summed E-state index contributed by atoms with van der Waals surface area (Å²) in [5, 5.41) is 5.58. The van der Waals surface area contributed by atoms with Crippen LogP contribution in [0.2, 0.25) is 0 Å². The monoisotopic (exact) mass is 290 g/mol. The van der Waals surface area contributed by atoms with Crippen LogP contribution in [0.25, 0.3) is 27.4 Å². The fourth-order valence-electron chi connectivity index (χ4n) is 3.38. The van der Waals surface area contributed by atoms with E-state index in [2.05, 4.69) is 35.1 Å². The third kappa shape index (κ3) is 1.97. The summed E-state index contributed by atoms with van der Waals surface area (Å²) in [5.41, 5.74) is 3.59. The minimum Gasteiger partial charge on any atom is -0.354 e. The Bertz CT molecular complexity index is 885. The van der Waals surface area contributed by atoms with Gasteiger partial charge in [-0.3, -0.25) is 4.79 Å². The van der Waals surface area contributed by atoms with Gasteiger partial charge in [0.2, 0.25) is 0 Å². The number of fused-ring (bicyclic) bond motifs is 3. The van der Waals surface area contributed by atoms with Crippen LogP contribution in [0.1, 0.15) is 18.4 Å². The molecular formula is C19H18N2O. The molecule has 1 fully saturated rings. The molecule has 1 atom stereocenters. The zero-order valence-corrected chi connectivity index (χ0v) is 12.4. The van der Waals surface area contributed by atoms with Gasteiger partial charge in [-0.15, -0.1) is 0 Å². The van der Waals surface area contributed by atoms with E-state index in [9.17, 15) is 4.79 Å². The molecule has 1 saturated heterocycles. The summed E-state index contributed by atoms with van der Waals surface area (Å²) in [7, 11) is 0. The molecule has 3 heteroatoms. The lowest BCUT2D eigenvalue weighted by atomic mass is 9.96. The quantitative estimate of drug-likeness (QED) is 0.723. The van der Waals surface area contributed by atoms with Crippen LogP contribution in [-0.4, -0.2) is 23.4 Å². The van der Waals surface area contributed by atoms with Gasteiger partial charge in [0.05, 0.1) is 11.6 Å². The molecule has 22 heavy (non-hydrogen) atoms. The summed E-state index contributed by atoms with van der Waals surface area (Å²) in [5.74, 6) is 0.114. The number of hydrogen-bond donors (Lipinski definition) is 2. The Morgan fingerprint density at radius 2 is 1.91 bits per heavy atom. The molecule has 0 aliphatic carbocycles. The summed E-state index contributed by atoms with van der Waals surface area (Å²) in [6.45, 7) is 5.00. The second kappa shape index (κ2) is 5.11. The number of rotatable bonds is 3. The smallest absolute Gasteiger partial charge is 0.179 e. The van der Waals surface area contributed by atoms with Gasteiger partial charge in [-0.25, -0.2) is 0 Å². The lowest BCUT2D eigenvalue weighted by Gasteiger charge is -2.12. The molecule has 2 heterocycles. The number of aromatic nitrogens is 1. The van der Waals surface area contributed by atoms with Crippen LogP contribution in [0.4, 0.5) is 0 Å². The Morgan fingerprint density at radius 1 is 1.09 bits per heavy atom. The molecular weight excluding hydrogens is 272 g/mol. The summed E-state index contributed by atoms with van der Waals surface area (Å²) < 4.78 is 0. The van der Waals surface area contributed by atoms with E-state index in [1.54, 1.807) is 0 Å². The first-order valence-corrected chi connectivity index (χ1v) is 7.72. The van der Waals surface area contributed by atoms with Gasteiger partial charge in [0, 0.05) is 27.4 Å². The molecule has 1 aliphatic heterocycles. The van der Waals surface area contributed by atoms with Crippen molar-refractivity contribution in [1.29, 1.82) is 0 Å².